The lowest BCUT2D eigenvalue weighted by Crippen LogP contribution is -2.45. The molecule has 5 rings (SSSR count). The summed E-state index contributed by atoms with van der Waals surface area (Å²) in [7, 11) is 2.11. The molecule has 34 heavy (non-hydrogen) atoms. The van der Waals surface area contributed by atoms with Crippen molar-refractivity contribution in [1.29, 1.82) is 0 Å². The van der Waals surface area contributed by atoms with Crippen LogP contribution in [-0.2, 0) is 6.42 Å². The fourth-order valence-electron chi connectivity index (χ4n) is 5.99. The van der Waals surface area contributed by atoms with Crippen LogP contribution < -0.4 is 9.47 Å². The minimum Gasteiger partial charge on any atom is -0.490 e. The molecule has 6 heteroatoms. The highest BCUT2D eigenvalue weighted by atomic mass is 16.5. The second-order valence-corrected chi connectivity index (χ2v) is 10.4. The largest absolute Gasteiger partial charge is 0.490 e. The predicted octanol–water partition coefficient (Wildman–Crippen LogP) is 5.17. The van der Waals surface area contributed by atoms with Crippen LogP contribution in [0, 0.1) is 0 Å². The molecule has 3 fully saturated rings. The van der Waals surface area contributed by atoms with Crippen molar-refractivity contribution in [2.75, 3.05) is 7.05 Å². The molecular formula is C28H39N3O3. The highest BCUT2D eigenvalue weighted by Gasteiger charge is 2.45. The maximum absolute atomic E-state index is 10.4. The molecule has 184 valence electrons. The van der Waals surface area contributed by atoms with Crippen LogP contribution in [-0.4, -0.2) is 57.6 Å². The molecule has 4 unspecified atom stereocenters. The Morgan fingerprint density at radius 1 is 0.971 bits per heavy atom. The summed E-state index contributed by atoms with van der Waals surface area (Å²) in [4.78, 5) is 2.31. The number of ether oxygens (including phenoxy) is 2. The second-order valence-electron chi connectivity index (χ2n) is 10.4. The maximum Gasteiger partial charge on any atom is 0.234 e. The summed E-state index contributed by atoms with van der Waals surface area (Å²) in [5, 5.41) is 19.4. The standard InChI is InChI=1S/C28H39N3O3/c1-3-4-10-25-24(19-11-13-22(14-12-19)33-21-8-6-5-7-9-21)18-28(30-29-25)34-23-15-20-16-27(32)26(17-23)31(20)2/h11-14,18,20-21,23,26-27,32H,3-10,15-17H2,1-2H3. The lowest BCUT2D eigenvalue weighted by molar-refractivity contribution is 0.0379. The molecule has 0 radical (unpaired) electrons. The number of aliphatic hydroxyl groups excluding tert-OH is 1. The Balaban J connectivity index is 1.32. The number of nitrogens with zero attached hydrogens (tertiary/aromatic N) is 3. The lowest BCUT2D eigenvalue weighted by atomic mass is 9.97. The molecule has 2 bridgehead atoms. The molecule has 1 aliphatic carbocycles. The number of rotatable bonds is 8. The fourth-order valence-corrected chi connectivity index (χ4v) is 5.99. The first-order valence-corrected chi connectivity index (χ1v) is 13.3. The van der Waals surface area contributed by atoms with Crippen LogP contribution in [0.2, 0.25) is 0 Å². The summed E-state index contributed by atoms with van der Waals surface area (Å²) >= 11 is 0. The third-order valence-electron chi connectivity index (χ3n) is 8.02. The van der Waals surface area contributed by atoms with Crippen molar-refractivity contribution < 1.29 is 14.6 Å². The zero-order valence-electron chi connectivity index (χ0n) is 20.7. The molecule has 0 spiro atoms. The van der Waals surface area contributed by atoms with Gasteiger partial charge < -0.3 is 14.6 Å². The van der Waals surface area contributed by atoms with Crippen molar-refractivity contribution in [3.63, 3.8) is 0 Å². The number of piperidine rings is 1. The third-order valence-corrected chi connectivity index (χ3v) is 8.02. The SMILES string of the molecule is CCCCc1nnc(OC2CC3CC(O)C(C2)N3C)cc1-c1ccc(OC2CCCCC2)cc1. The van der Waals surface area contributed by atoms with E-state index in [9.17, 15) is 5.11 Å². The first kappa shape index (κ1) is 23.6. The smallest absolute Gasteiger partial charge is 0.234 e. The van der Waals surface area contributed by atoms with Crippen molar-refractivity contribution >= 4 is 0 Å². The first-order chi connectivity index (χ1) is 16.6. The van der Waals surface area contributed by atoms with Crippen molar-refractivity contribution in [1.82, 2.24) is 15.1 Å². The monoisotopic (exact) mass is 465 g/mol. The Morgan fingerprint density at radius 2 is 1.76 bits per heavy atom. The Bertz CT molecular complexity index is 944. The van der Waals surface area contributed by atoms with E-state index in [0.717, 1.165) is 73.9 Å². The van der Waals surface area contributed by atoms with Crippen LogP contribution >= 0.6 is 0 Å². The average Bonchev–Trinajstić information content (AvgIpc) is 3.00. The number of benzene rings is 1. The van der Waals surface area contributed by atoms with E-state index in [1.807, 2.05) is 0 Å². The Labute approximate surface area is 203 Å². The molecule has 1 N–H and O–H groups in total. The van der Waals surface area contributed by atoms with Gasteiger partial charge in [-0.2, -0.15) is 5.10 Å². The number of aliphatic hydroxyl groups is 1. The molecule has 4 atom stereocenters. The van der Waals surface area contributed by atoms with Crippen LogP contribution in [0.1, 0.15) is 76.8 Å². The van der Waals surface area contributed by atoms with E-state index in [2.05, 4.69) is 59.4 Å². The highest BCUT2D eigenvalue weighted by molar-refractivity contribution is 5.67. The number of unbranched alkanes of at least 4 members (excludes halogenated alkanes) is 1. The molecule has 1 aromatic heterocycles. The van der Waals surface area contributed by atoms with Gasteiger partial charge in [0.2, 0.25) is 5.88 Å². The minimum atomic E-state index is -0.254. The van der Waals surface area contributed by atoms with E-state index in [1.54, 1.807) is 0 Å². The van der Waals surface area contributed by atoms with Crippen LogP contribution in [0.25, 0.3) is 11.1 Å². The Morgan fingerprint density at radius 3 is 2.50 bits per heavy atom. The normalized spacial score (nSPS) is 27.6. The van der Waals surface area contributed by atoms with Crippen molar-refractivity contribution in [2.45, 2.75) is 108 Å². The minimum absolute atomic E-state index is 0.0678. The predicted molar refractivity (Wildman–Crippen MR) is 133 cm³/mol. The maximum atomic E-state index is 10.4. The van der Waals surface area contributed by atoms with Gasteiger partial charge in [-0.05, 0) is 69.7 Å². The number of aryl methyl sites for hydroxylation is 1. The summed E-state index contributed by atoms with van der Waals surface area (Å²) in [5.74, 6) is 1.53. The third kappa shape index (κ3) is 5.23. The fraction of sp³-hybridized carbons (Fsp3) is 0.643. The van der Waals surface area contributed by atoms with Crippen molar-refractivity contribution in [3.05, 3.63) is 36.0 Å². The second kappa shape index (κ2) is 10.6. The number of hydrogen-bond donors (Lipinski definition) is 1. The zero-order valence-corrected chi connectivity index (χ0v) is 20.7. The van der Waals surface area contributed by atoms with E-state index in [1.165, 1.54) is 19.3 Å². The quantitative estimate of drug-likeness (QED) is 0.580. The van der Waals surface area contributed by atoms with E-state index in [0.29, 0.717) is 18.0 Å². The molecule has 2 aliphatic heterocycles. The number of fused-ring (bicyclic) bond motifs is 2. The van der Waals surface area contributed by atoms with E-state index >= 15 is 0 Å². The molecule has 6 nitrogen and oxygen atoms in total. The first-order valence-electron chi connectivity index (χ1n) is 13.3. The van der Waals surface area contributed by atoms with Crippen LogP contribution in [0.5, 0.6) is 11.6 Å². The topological polar surface area (TPSA) is 67.7 Å². The van der Waals surface area contributed by atoms with E-state index < -0.39 is 0 Å². The van der Waals surface area contributed by atoms with Crippen LogP contribution in [0.15, 0.2) is 30.3 Å². The summed E-state index contributed by atoms with van der Waals surface area (Å²) in [5.41, 5.74) is 3.24. The number of aromatic nitrogens is 2. The number of likely N-dealkylation sites (N-methyl/N-ethyl adjacent to an activating group) is 1. The zero-order chi connectivity index (χ0) is 23.5. The molecule has 0 amide bonds. The van der Waals surface area contributed by atoms with E-state index in [4.69, 9.17) is 9.47 Å². The van der Waals surface area contributed by atoms with Gasteiger partial charge in [0, 0.05) is 36.6 Å². The molecule has 3 heterocycles. The average molecular weight is 466 g/mol. The van der Waals surface area contributed by atoms with Gasteiger partial charge >= 0.3 is 0 Å². The van der Waals surface area contributed by atoms with Crippen molar-refractivity contribution in [2.24, 2.45) is 0 Å². The van der Waals surface area contributed by atoms with Crippen LogP contribution in [0.3, 0.4) is 0 Å². The summed E-state index contributed by atoms with van der Waals surface area (Å²) in [6.07, 6.45) is 12.1. The van der Waals surface area contributed by atoms with Gasteiger partial charge in [-0.15, -0.1) is 5.10 Å². The highest BCUT2D eigenvalue weighted by Crippen LogP contribution is 2.37. The molecule has 2 aromatic rings. The molecule has 3 aliphatic rings. The Kier molecular flexibility index (Phi) is 7.35. The summed E-state index contributed by atoms with van der Waals surface area (Å²) in [6.45, 7) is 2.20. The van der Waals surface area contributed by atoms with Crippen molar-refractivity contribution in [3.8, 4) is 22.8 Å². The number of hydrogen-bond acceptors (Lipinski definition) is 6. The van der Waals surface area contributed by atoms with Gasteiger partial charge in [0.15, 0.2) is 0 Å². The molecular weight excluding hydrogens is 426 g/mol. The molecule has 1 aromatic carbocycles. The summed E-state index contributed by atoms with van der Waals surface area (Å²) < 4.78 is 12.6. The van der Waals surface area contributed by atoms with Gasteiger partial charge in [-0.25, -0.2) is 0 Å². The molecule has 1 saturated carbocycles. The molecule has 2 saturated heterocycles. The van der Waals surface area contributed by atoms with Crippen LogP contribution in [0.4, 0.5) is 0 Å². The van der Waals surface area contributed by atoms with Gasteiger partial charge in [0.05, 0.1) is 17.9 Å². The van der Waals surface area contributed by atoms with Gasteiger partial charge in [-0.1, -0.05) is 31.9 Å². The van der Waals surface area contributed by atoms with Gasteiger partial charge in [0.1, 0.15) is 11.9 Å². The van der Waals surface area contributed by atoms with Gasteiger partial charge in [0.25, 0.3) is 0 Å². The lowest BCUT2D eigenvalue weighted by Gasteiger charge is -2.36. The van der Waals surface area contributed by atoms with Gasteiger partial charge in [-0.3, -0.25) is 4.90 Å². The van der Waals surface area contributed by atoms with E-state index in [-0.39, 0.29) is 18.2 Å². The Hall–Kier alpha value is -2.18. The summed E-state index contributed by atoms with van der Waals surface area (Å²) in [6, 6.07) is 11.1.